The quantitative estimate of drug-likeness (QED) is 0.599. The molecule has 0 saturated heterocycles. The fraction of sp³-hybridized carbons (Fsp3) is 0.500. The van der Waals surface area contributed by atoms with Gasteiger partial charge < -0.3 is 0 Å². The van der Waals surface area contributed by atoms with E-state index in [9.17, 15) is 4.39 Å². The highest BCUT2D eigenvalue weighted by molar-refractivity contribution is 6.29. The van der Waals surface area contributed by atoms with Gasteiger partial charge in [0.05, 0.1) is 0 Å². The van der Waals surface area contributed by atoms with E-state index in [1.165, 1.54) is 0 Å². The van der Waals surface area contributed by atoms with Crippen molar-refractivity contribution in [1.82, 2.24) is 15.0 Å². The van der Waals surface area contributed by atoms with Gasteiger partial charge in [-0.1, -0.05) is 16.8 Å². The smallest absolute Gasteiger partial charge is 0.218 e. The molecule has 0 fully saturated rings. The first-order valence-electron chi connectivity index (χ1n) is 2.50. The topological polar surface area (TPSA) is 30.7 Å². The van der Waals surface area contributed by atoms with Crippen molar-refractivity contribution in [3.8, 4) is 0 Å². The SMILES string of the molecule is CCn1nnc(Cl)c1F. The van der Waals surface area contributed by atoms with E-state index in [1.54, 1.807) is 6.92 Å². The molecule has 0 N–H and O–H groups in total. The van der Waals surface area contributed by atoms with Crippen molar-refractivity contribution in [3.63, 3.8) is 0 Å². The second-order valence-corrected chi connectivity index (χ2v) is 1.84. The van der Waals surface area contributed by atoms with E-state index in [-0.39, 0.29) is 5.15 Å². The Morgan fingerprint density at radius 1 is 1.78 bits per heavy atom. The van der Waals surface area contributed by atoms with Gasteiger partial charge in [0.25, 0.3) is 5.95 Å². The maximum Gasteiger partial charge on any atom is 0.250 e. The van der Waals surface area contributed by atoms with Gasteiger partial charge in [0, 0.05) is 6.54 Å². The molecule has 0 spiro atoms. The lowest BCUT2D eigenvalue weighted by atomic mass is 10.7. The highest BCUT2D eigenvalue weighted by Gasteiger charge is 2.06. The number of halogens is 2. The molecule has 1 aromatic rings. The third-order valence-corrected chi connectivity index (χ3v) is 1.17. The number of aryl methyl sites for hydroxylation is 1. The highest BCUT2D eigenvalue weighted by atomic mass is 35.5. The first-order valence-corrected chi connectivity index (χ1v) is 2.88. The third kappa shape index (κ3) is 1.03. The predicted octanol–water partition coefficient (Wildman–Crippen LogP) is 1.09. The average Bonchev–Trinajstić information content (AvgIpc) is 2.15. The molecule has 0 radical (unpaired) electrons. The van der Waals surface area contributed by atoms with Gasteiger partial charge in [-0.15, -0.1) is 5.10 Å². The Labute approximate surface area is 56.4 Å². The lowest BCUT2D eigenvalue weighted by molar-refractivity contribution is 0.467. The summed E-state index contributed by atoms with van der Waals surface area (Å²) < 4.78 is 13.6. The molecule has 0 amide bonds. The molecule has 1 heterocycles. The minimum atomic E-state index is -0.570. The van der Waals surface area contributed by atoms with Gasteiger partial charge in [-0.05, 0) is 6.92 Å². The van der Waals surface area contributed by atoms with Crippen LogP contribution in [0.15, 0.2) is 0 Å². The fourth-order valence-corrected chi connectivity index (χ4v) is 0.614. The molecular weight excluding hydrogens is 145 g/mol. The van der Waals surface area contributed by atoms with Crippen LogP contribution in [0.1, 0.15) is 6.92 Å². The second kappa shape index (κ2) is 2.31. The fourth-order valence-electron chi connectivity index (χ4n) is 0.482. The van der Waals surface area contributed by atoms with E-state index in [1.807, 2.05) is 0 Å². The van der Waals surface area contributed by atoms with Crippen molar-refractivity contribution in [1.29, 1.82) is 0 Å². The Kier molecular flexibility index (Phi) is 1.66. The summed E-state index contributed by atoms with van der Waals surface area (Å²) in [5.41, 5.74) is 0. The monoisotopic (exact) mass is 149 g/mol. The van der Waals surface area contributed by atoms with Gasteiger partial charge in [-0.2, -0.15) is 4.39 Å². The number of nitrogens with zero attached hydrogens (tertiary/aromatic N) is 3. The minimum Gasteiger partial charge on any atom is -0.218 e. The summed E-state index contributed by atoms with van der Waals surface area (Å²) in [4.78, 5) is 0. The average molecular weight is 150 g/mol. The van der Waals surface area contributed by atoms with Crippen LogP contribution in [0.3, 0.4) is 0 Å². The Hall–Kier alpha value is -0.640. The van der Waals surface area contributed by atoms with Gasteiger partial charge in [0.2, 0.25) is 5.15 Å². The van der Waals surface area contributed by atoms with Crippen LogP contribution in [-0.4, -0.2) is 15.0 Å². The second-order valence-electron chi connectivity index (χ2n) is 1.49. The lowest BCUT2D eigenvalue weighted by Crippen LogP contribution is -1.99. The number of rotatable bonds is 1. The van der Waals surface area contributed by atoms with Crippen molar-refractivity contribution < 1.29 is 4.39 Å². The summed E-state index contributed by atoms with van der Waals surface area (Å²) in [5.74, 6) is -0.570. The van der Waals surface area contributed by atoms with Crippen LogP contribution < -0.4 is 0 Å². The number of hydrogen-bond donors (Lipinski definition) is 0. The molecule has 0 unspecified atom stereocenters. The summed E-state index contributed by atoms with van der Waals surface area (Å²) in [6.07, 6.45) is 0. The standard InChI is InChI=1S/C4H5ClFN3/c1-2-9-4(6)3(5)7-8-9/h2H2,1H3. The van der Waals surface area contributed by atoms with Gasteiger partial charge >= 0.3 is 0 Å². The molecule has 0 bridgehead atoms. The van der Waals surface area contributed by atoms with Gasteiger partial charge in [-0.25, -0.2) is 4.68 Å². The maximum atomic E-state index is 12.5. The Morgan fingerprint density at radius 3 is 2.67 bits per heavy atom. The molecule has 0 aliphatic carbocycles. The zero-order valence-corrected chi connectivity index (χ0v) is 5.56. The van der Waals surface area contributed by atoms with E-state index in [0.29, 0.717) is 6.54 Å². The van der Waals surface area contributed by atoms with Crippen LogP contribution in [0.2, 0.25) is 5.15 Å². The zero-order valence-electron chi connectivity index (χ0n) is 4.80. The van der Waals surface area contributed by atoms with E-state index < -0.39 is 5.95 Å². The van der Waals surface area contributed by atoms with Gasteiger partial charge in [-0.3, -0.25) is 0 Å². The van der Waals surface area contributed by atoms with Crippen molar-refractivity contribution in [3.05, 3.63) is 11.1 Å². The molecule has 1 aromatic heterocycles. The van der Waals surface area contributed by atoms with E-state index >= 15 is 0 Å². The van der Waals surface area contributed by atoms with Crippen LogP contribution in [-0.2, 0) is 6.54 Å². The first-order chi connectivity index (χ1) is 4.25. The molecule has 3 nitrogen and oxygen atoms in total. The normalized spacial score (nSPS) is 10.1. The molecule has 0 saturated carbocycles. The number of hydrogen-bond acceptors (Lipinski definition) is 2. The molecule has 0 aliphatic rings. The van der Waals surface area contributed by atoms with Crippen molar-refractivity contribution in [2.75, 3.05) is 0 Å². The summed E-state index contributed by atoms with van der Waals surface area (Å²) in [6, 6.07) is 0. The Balaban J connectivity index is 3.04. The van der Waals surface area contributed by atoms with Crippen molar-refractivity contribution in [2.45, 2.75) is 13.5 Å². The predicted molar refractivity (Wildman–Crippen MR) is 30.7 cm³/mol. The highest BCUT2D eigenvalue weighted by Crippen LogP contribution is 2.07. The van der Waals surface area contributed by atoms with E-state index in [0.717, 1.165) is 4.68 Å². The summed E-state index contributed by atoms with van der Waals surface area (Å²) >= 11 is 5.24. The molecule has 1 rings (SSSR count). The summed E-state index contributed by atoms with van der Waals surface area (Å²) in [6.45, 7) is 2.21. The molecular formula is C4H5ClFN3. The summed E-state index contributed by atoms with van der Waals surface area (Å²) in [5, 5.41) is 6.51. The zero-order chi connectivity index (χ0) is 6.85. The van der Waals surface area contributed by atoms with Crippen LogP contribution in [0.4, 0.5) is 4.39 Å². The molecule has 5 heteroatoms. The Bertz CT molecular complexity index is 210. The number of aromatic nitrogens is 3. The van der Waals surface area contributed by atoms with Crippen LogP contribution in [0.25, 0.3) is 0 Å². The van der Waals surface area contributed by atoms with Gasteiger partial charge in [0.15, 0.2) is 0 Å². The van der Waals surface area contributed by atoms with Crippen LogP contribution in [0, 0.1) is 5.95 Å². The van der Waals surface area contributed by atoms with Gasteiger partial charge in [0.1, 0.15) is 0 Å². The molecule has 0 aromatic carbocycles. The van der Waals surface area contributed by atoms with E-state index in [4.69, 9.17) is 11.6 Å². The third-order valence-electron chi connectivity index (χ3n) is 0.937. The van der Waals surface area contributed by atoms with Crippen LogP contribution in [0.5, 0.6) is 0 Å². The largest absolute Gasteiger partial charge is 0.250 e. The van der Waals surface area contributed by atoms with Crippen molar-refractivity contribution in [2.24, 2.45) is 0 Å². The Morgan fingerprint density at radius 2 is 2.44 bits per heavy atom. The molecule has 0 aliphatic heterocycles. The molecule has 50 valence electrons. The summed E-state index contributed by atoms with van der Waals surface area (Å²) in [7, 11) is 0. The van der Waals surface area contributed by atoms with Crippen LogP contribution >= 0.6 is 11.6 Å². The lowest BCUT2D eigenvalue weighted by Gasteiger charge is -1.89. The molecule has 0 atom stereocenters. The minimum absolute atomic E-state index is 0.170. The maximum absolute atomic E-state index is 12.5. The first kappa shape index (κ1) is 6.48. The van der Waals surface area contributed by atoms with Crippen molar-refractivity contribution >= 4 is 11.6 Å². The van der Waals surface area contributed by atoms with E-state index in [2.05, 4.69) is 10.3 Å². The molecule has 9 heavy (non-hydrogen) atoms.